The van der Waals surface area contributed by atoms with Crippen LogP contribution in [0.4, 0.5) is 11.4 Å². The number of carbonyl (C=O) groups is 1. The third kappa shape index (κ3) is 4.14. The summed E-state index contributed by atoms with van der Waals surface area (Å²) in [6.45, 7) is 8.52. The molecule has 2 aromatic carbocycles. The third-order valence-corrected chi connectivity index (χ3v) is 6.76. The van der Waals surface area contributed by atoms with E-state index in [1.54, 1.807) is 41.4 Å². The van der Waals surface area contributed by atoms with E-state index >= 15 is 0 Å². The molecule has 1 aliphatic rings. The molecular formula is C24H27N3O4S. The van der Waals surface area contributed by atoms with Gasteiger partial charge in [0.25, 0.3) is 10.0 Å². The van der Waals surface area contributed by atoms with Crippen LogP contribution in [0.3, 0.4) is 0 Å². The fourth-order valence-electron chi connectivity index (χ4n) is 3.76. The van der Waals surface area contributed by atoms with Gasteiger partial charge in [0, 0.05) is 18.1 Å². The Kier molecular flexibility index (Phi) is 5.58. The van der Waals surface area contributed by atoms with E-state index in [1.807, 2.05) is 39.8 Å². The van der Waals surface area contributed by atoms with Gasteiger partial charge >= 0.3 is 0 Å². The Balaban J connectivity index is 1.74. The predicted octanol–water partition coefficient (Wildman–Crippen LogP) is 4.44. The number of rotatable bonds is 5. The molecule has 0 radical (unpaired) electrons. The van der Waals surface area contributed by atoms with Crippen molar-refractivity contribution < 1.29 is 17.9 Å². The summed E-state index contributed by atoms with van der Waals surface area (Å²) in [7, 11) is -3.91. The lowest BCUT2D eigenvalue weighted by molar-refractivity contribution is -0.127. The van der Waals surface area contributed by atoms with Crippen molar-refractivity contribution in [3.63, 3.8) is 0 Å². The third-order valence-electron chi connectivity index (χ3n) is 5.35. The highest BCUT2D eigenvalue weighted by Gasteiger charge is 2.38. The Labute approximate surface area is 188 Å². The smallest absolute Gasteiger partial charge is 0.264 e. The van der Waals surface area contributed by atoms with Crippen LogP contribution in [0.2, 0.25) is 0 Å². The zero-order valence-electron chi connectivity index (χ0n) is 18.6. The number of sulfonamides is 1. The Morgan fingerprint density at radius 3 is 2.66 bits per heavy atom. The number of anilines is 2. The molecule has 8 heteroatoms. The minimum Gasteiger partial charge on any atom is -0.490 e. The number of nitrogens with zero attached hydrogens (tertiary/aromatic N) is 2. The molecule has 0 atom stereocenters. The van der Waals surface area contributed by atoms with E-state index in [4.69, 9.17) is 4.74 Å². The summed E-state index contributed by atoms with van der Waals surface area (Å²) in [4.78, 5) is 19.3. The van der Waals surface area contributed by atoms with Crippen LogP contribution in [-0.4, -0.2) is 32.5 Å². The highest BCUT2D eigenvalue weighted by atomic mass is 32.2. The molecule has 0 aliphatic carbocycles. The minimum atomic E-state index is -3.91. The van der Waals surface area contributed by atoms with Crippen molar-refractivity contribution in [2.24, 2.45) is 11.3 Å². The highest BCUT2D eigenvalue weighted by Crippen LogP contribution is 2.39. The first-order chi connectivity index (χ1) is 15.1. The normalized spacial score (nSPS) is 15.9. The van der Waals surface area contributed by atoms with Crippen LogP contribution in [0.5, 0.6) is 5.75 Å². The molecule has 7 nitrogen and oxygen atoms in total. The predicted molar refractivity (Wildman–Crippen MR) is 125 cm³/mol. The summed E-state index contributed by atoms with van der Waals surface area (Å²) in [5.41, 5.74) is 0.619. The maximum Gasteiger partial charge on any atom is 0.264 e. The molecule has 1 aromatic heterocycles. The van der Waals surface area contributed by atoms with Crippen LogP contribution in [-0.2, 0) is 14.8 Å². The van der Waals surface area contributed by atoms with E-state index in [-0.39, 0.29) is 23.3 Å². The molecule has 32 heavy (non-hydrogen) atoms. The van der Waals surface area contributed by atoms with Gasteiger partial charge in [0.1, 0.15) is 17.3 Å². The Hall–Kier alpha value is -3.13. The van der Waals surface area contributed by atoms with Gasteiger partial charge in [-0.05, 0) is 50.1 Å². The van der Waals surface area contributed by atoms with Gasteiger partial charge in [-0.1, -0.05) is 32.0 Å². The molecule has 0 saturated heterocycles. The summed E-state index contributed by atoms with van der Waals surface area (Å²) in [5.74, 6) is 0.727. The second-order valence-corrected chi connectivity index (χ2v) is 10.8. The van der Waals surface area contributed by atoms with Gasteiger partial charge in [-0.3, -0.25) is 14.5 Å². The number of hydrogen-bond acceptors (Lipinski definition) is 5. The number of aromatic nitrogens is 1. The highest BCUT2D eigenvalue weighted by molar-refractivity contribution is 7.93. The molecule has 1 aliphatic heterocycles. The number of carbonyl (C=O) groups excluding carboxylic acids is 1. The van der Waals surface area contributed by atoms with E-state index in [0.717, 1.165) is 5.39 Å². The number of para-hydroxylation sites is 1. The lowest BCUT2D eigenvalue weighted by Crippen LogP contribution is -2.43. The topological polar surface area (TPSA) is 88.6 Å². The van der Waals surface area contributed by atoms with E-state index in [0.29, 0.717) is 29.2 Å². The number of hydrogen-bond donors (Lipinski definition) is 1. The van der Waals surface area contributed by atoms with E-state index in [1.165, 1.54) is 6.07 Å². The molecule has 0 fully saturated rings. The van der Waals surface area contributed by atoms with Gasteiger partial charge in [-0.2, -0.15) is 0 Å². The summed E-state index contributed by atoms with van der Waals surface area (Å²) in [6, 6.07) is 13.6. The summed E-state index contributed by atoms with van der Waals surface area (Å²) < 4.78 is 35.0. The zero-order valence-corrected chi connectivity index (χ0v) is 19.4. The van der Waals surface area contributed by atoms with Crippen molar-refractivity contribution >= 4 is 38.2 Å². The molecule has 0 bridgehead atoms. The largest absolute Gasteiger partial charge is 0.490 e. The van der Waals surface area contributed by atoms with E-state index < -0.39 is 15.4 Å². The Bertz CT molecular complexity index is 1280. The lowest BCUT2D eigenvalue weighted by atomic mass is 9.92. The van der Waals surface area contributed by atoms with Crippen LogP contribution in [0, 0.1) is 11.3 Å². The molecule has 0 spiro atoms. The van der Waals surface area contributed by atoms with Crippen molar-refractivity contribution in [1.82, 2.24) is 4.98 Å². The number of ether oxygens (including phenoxy) is 1. The number of nitrogens with one attached hydrogen (secondary N) is 1. The van der Waals surface area contributed by atoms with Gasteiger partial charge in [0.15, 0.2) is 0 Å². The van der Waals surface area contributed by atoms with E-state index in [9.17, 15) is 13.2 Å². The van der Waals surface area contributed by atoms with Gasteiger partial charge in [0.05, 0.1) is 22.3 Å². The first-order valence-electron chi connectivity index (χ1n) is 10.5. The second-order valence-electron chi connectivity index (χ2n) is 9.10. The number of pyridine rings is 1. The number of amides is 1. The maximum absolute atomic E-state index is 13.2. The monoisotopic (exact) mass is 453 g/mol. The second kappa shape index (κ2) is 8.09. The van der Waals surface area contributed by atoms with Gasteiger partial charge in [-0.25, -0.2) is 8.42 Å². The van der Waals surface area contributed by atoms with Crippen molar-refractivity contribution in [3.05, 3.63) is 54.7 Å². The molecule has 2 heterocycles. The molecule has 0 unspecified atom stereocenters. The van der Waals surface area contributed by atoms with Crippen LogP contribution in [0.25, 0.3) is 10.9 Å². The van der Waals surface area contributed by atoms with Crippen LogP contribution in [0.15, 0.2) is 59.6 Å². The number of fused-ring (bicyclic) bond motifs is 2. The zero-order chi connectivity index (χ0) is 23.1. The van der Waals surface area contributed by atoms with Crippen molar-refractivity contribution in [2.75, 3.05) is 22.8 Å². The molecular weight excluding hydrogens is 426 g/mol. The number of benzene rings is 2. The quantitative estimate of drug-likeness (QED) is 0.617. The fraction of sp³-hybridized carbons (Fsp3) is 0.333. The maximum atomic E-state index is 13.2. The molecule has 1 amide bonds. The van der Waals surface area contributed by atoms with Crippen LogP contribution >= 0.6 is 0 Å². The Morgan fingerprint density at radius 1 is 1.16 bits per heavy atom. The Morgan fingerprint density at radius 2 is 1.91 bits per heavy atom. The lowest BCUT2D eigenvalue weighted by Gasteiger charge is -2.29. The van der Waals surface area contributed by atoms with E-state index in [2.05, 4.69) is 9.71 Å². The van der Waals surface area contributed by atoms with Crippen molar-refractivity contribution in [3.8, 4) is 5.75 Å². The first kappa shape index (κ1) is 22.1. The SMILES string of the molecule is CC(C)CN1C(=O)C(C)(C)COc2ccc(NS(=O)(=O)c3cccc4cccnc34)cc21. The summed E-state index contributed by atoms with van der Waals surface area (Å²) in [6.07, 6.45) is 1.57. The molecule has 4 rings (SSSR count). The van der Waals surface area contributed by atoms with Crippen LogP contribution in [0.1, 0.15) is 27.7 Å². The summed E-state index contributed by atoms with van der Waals surface area (Å²) in [5, 5.41) is 0.738. The van der Waals surface area contributed by atoms with Crippen molar-refractivity contribution in [1.29, 1.82) is 0 Å². The molecule has 1 N–H and O–H groups in total. The fourth-order valence-corrected chi connectivity index (χ4v) is 4.99. The average Bonchev–Trinajstić information content (AvgIpc) is 2.83. The molecule has 0 saturated carbocycles. The first-order valence-corrected chi connectivity index (χ1v) is 12.0. The standard InChI is InChI=1S/C24H27N3O4S/c1-16(2)14-27-19-13-18(10-11-20(19)31-15-24(3,4)23(27)28)26-32(29,30)21-9-5-7-17-8-6-12-25-22(17)21/h5-13,16,26H,14-15H2,1-4H3. The minimum absolute atomic E-state index is 0.0526. The van der Waals surface area contributed by atoms with Crippen LogP contribution < -0.4 is 14.4 Å². The summed E-state index contributed by atoms with van der Waals surface area (Å²) >= 11 is 0. The van der Waals surface area contributed by atoms with Crippen molar-refractivity contribution in [2.45, 2.75) is 32.6 Å². The average molecular weight is 454 g/mol. The van der Waals surface area contributed by atoms with Gasteiger partial charge in [-0.15, -0.1) is 0 Å². The van der Waals surface area contributed by atoms with Gasteiger partial charge < -0.3 is 9.64 Å². The van der Waals surface area contributed by atoms with Gasteiger partial charge in [0.2, 0.25) is 5.91 Å². The molecule has 168 valence electrons. The molecule has 3 aromatic rings.